The summed E-state index contributed by atoms with van der Waals surface area (Å²) in [4.78, 5) is 0. The standard InChI is InChI=1S/C10H14N2O/c1-3-7-4-5-8-6-12(2)11-9(8)10(7)13/h3,6-7,10,13H,1,4-5H2,2H3. The Kier molecular flexibility index (Phi) is 1.96. The lowest BCUT2D eigenvalue weighted by Gasteiger charge is -2.23. The Morgan fingerprint density at radius 2 is 2.54 bits per heavy atom. The maximum absolute atomic E-state index is 9.89. The van der Waals surface area contributed by atoms with Gasteiger partial charge in [-0.05, 0) is 18.4 Å². The van der Waals surface area contributed by atoms with Crippen molar-refractivity contribution in [1.29, 1.82) is 0 Å². The molecule has 2 rings (SSSR count). The van der Waals surface area contributed by atoms with Crippen molar-refractivity contribution in [1.82, 2.24) is 9.78 Å². The Hall–Kier alpha value is -1.09. The van der Waals surface area contributed by atoms with Crippen molar-refractivity contribution in [3.63, 3.8) is 0 Å². The molecule has 2 atom stereocenters. The molecule has 3 heteroatoms. The SMILES string of the molecule is C=CC1CCc2cn(C)nc2C1O. The zero-order valence-corrected chi connectivity index (χ0v) is 7.77. The van der Waals surface area contributed by atoms with Crippen molar-refractivity contribution >= 4 is 0 Å². The molecule has 0 fully saturated rings. The molecule has 0 bridgehead atoms. The van der Waals surface area contributed by atoms with E-state index >= 15 is 0 Å². The second kappa shape index (κ2) is 3.00. The maximum Gasteiger partial charge on any atom is 0.104 e. The topological polar surface area (TPSA) is 38.0 Å². The van der Waals surface area contributed by atoms with Crippen LogP contribution in [0.2, 0.25) is 0 Å². The first-order valence-electron chi connectivity index (χ1n) is 4.55. The normalized spacial score (nSPS) is 26.9. The first-order chi connectivity index (χ1) is 6.22. The van der Waals surface area contributed by atoms with E-state index < -0.39 is 6.10 Å². The monoisotopic (exact) mass is 178 g/mol. The smallest absolute Gasteiger partial charge is 0.104 e. The highest BCUT2D eigenvalue weighted by molar-refractivity contribution is 5.24. The predicted octanol–water partition coefficient (Wildman–Crippen LogP) is 1.20. The molecular formula is C10H14N2O. The summed E-state index contributed by atoms with van der Waals surface area (Å²) in [5.41, 5.74) is 2.01. The molecular weight excluding hydrogens is 164 g/mol. The van der Waals surface area contributed by atoms with Gasteiger partial charge in [0.15, 0.2) is 0 Å². The van der Waals surface area contributed by atoms with Gasteiger partial charge in [0.25, 0.3) is 0 Å². The van der Waals surface area contributed by atoms with Crippen LogP contribution in [0.3, 0.4) is 0 Å². The molecule has 1 aromatic heterocycles. The first kappa shape index (κ1) is 8.51. The molecule has 1 aliphatic rings. The van der Waals surface area contributed by atoms with Gasteiger partial charge in [-0.2, -0.15) is 5.10 Å². The van der Waals surface area contributed by atoms with E-state index in [0.29, 0.717) is 0 Å². The van der Waals surface area contributed by atoms with Crippen molar-refractivity contribution in [3.8, 4) is 0 Å². The Morgan fingerprint density at radius 1 is 1.77 bits per heavy atom. The molecule has 0 radical (unpaired) electrons. The molecule has 13 heavy (non-hydrogen) atoms. The second-order valence-electron chi connectivity index (χ2n) is 3.60. The van der Waals surface area contributed by atoms with E-state index in [1.54, 1.807) is 4.68 Å². The lowest BCUT2D eigenvalue weighted by molar-refractivity contribution is 0.113. The molecule has 3 nitrogen and oxygen atoms in total. The molecule has 0 aromatic carbocycles. The van der Waals surface area contributed by atoms with Gasteiger partial charge in [0.2, 0.25) is 0 Å². The summed E-state index contributed by atoms with van der Waals surface area (Å²) in [5, 5.41) is 14.1. The van der Waals surface area contributed by atoms with Gasteiger partial charge in [-0.25, -0.2) is 0 Å². The van der Waals surface area contributed by atoms with Crippen molar-refractivity contribution in [2.24, 2.45) is 13.0 Å². The third kappa shape index (κ3) is 1.29. The van der Waals surface area contributed by atoms with E-state index in [0.717, 1.165) is 18.5 Å². The van der Waals surface area contributed by atoms with E-state index in [4.69, 9.17) is 0 Å². The average molecular weight is 178 g/mol. The number of fused-ring (bicyclic) bond motifs is 1. The van der Waals surface area contributed by atoms with Crippen LogP contribution < -0.4 is 0 Å². The van der Waals surface area contributed by atoms with Crippen LogP contribution in [0.5, 0.6) is 0 Å². The van der Waals surface area contributed by atoms with E-state index in [-0.39, 0.29) is 5.92 Å². The number of rotatable bonds is 1. The Morgan fingerprint density at radius 3 is 3.23 bits per heavy atom. The zero-order valence-electron chi connectivity index (χ0n) is 7.77. The number of aryl methyl sites for hydroxylation is 2. The van der Waals surface area contributed by atoms with Gasteiger partial charge in [-0.3, -0.25) is 4.68 Å². The highest BCUT2D eigenvalue weighted by Gasteiger charge is 2.28. The molecule has 70 valence electrons. The van der Waals surface area contributed by atoms with Crippen LogP contribution in [0.25, 0.3) is 0 Å². The van der Waals surface area contributed by atoms with Gasteiger partial charge in [-0.15, -0.1) is 6.58 Å². The summed E-state index contributed by atoms with van der Waals surface area (Å²) in [5.74, 6) is 0.169. The number of aliphatic hydroxyl groups excluding tert-OH is 1. The van der Waals surface area contributed by atoms with Gasteiger partial charge in [-0.1, -0.05) is 6.08 Å². The van der Waals surface area contributed by atoms with E-state index in [1.807, 2.05) is 19.3 Å². The van der Waals surface area contributed by atoms with Gasteiger partial charge < -0.3 is 5.11 Å². The van der Waals surface area contributed by atoms with E-state index in [1.165, 1.54) is 5.56 Å². The summed E-state index contributed by atoms with van der Waals surface area (Å²) in [6.45, 7) is 3.72. The highest BCUT2D eigenvalue weighted by atomic mass is 16.3. The number of hydrogen-bond acceptors (Lipinski definition) is 2. The molecule has 0 saturated heterocycles. The lowest BCUT2D eigenvalue weighted by atomic mass is 9.86. The molecule has 0 spiro atoms. The molecule has 2 unspecified atom stereocenters. The molecule has 1 heterocycles. The van der Waals surface area contributed by atoms with Gasteiger partial charge in [0, 0.05) is 19.2 Å². The number of aromatic nitrogens is 2. The quantitative estimate of drug-likeness (QED) is 0.656. The van der Waals surface area contributed by atoms with Crippen LogP contribution in [0.4, 0.5) is 0 Å². The summed E-state index contributed by atoms with van der Waals surface area (Å²) in [6.07, 6.45) is 5.32. The fourth-order valence-corrected chi connectivity index (χ4v) is 1.93. The van der Waals surface area contributed by atoms with E-state index in [2.05, 4.69) is 11.7 Å². The second-order valence-corrected chi connectivity index (χ2v) is 3.60. The number of aliphatic hydroxyl groups is 1. The fraction of sp³-hybridized carbons (Fsp3) is 0.500. The summed E-state index contributed by atoms with van der Waals surface area (Å²) in [6, 6.07) is 0. The summed E-state index contributed by atoms with van der Waals surface area (Å²) >= 11 is 0. The zero-order chi connectivity index (χ0) is 9.42. The third-order valence-electron chi connectivity index (χ3n) is 2.67. The minimum atomic E-state index is -0.456. The molecule has 0 amide bonds. The maximum atomic E-state index is 9.89. The molecule has 0 saturated carbocycles. The van der Waals surface area contributed by atoms with Crippen molar-refractivity contribution in [3.05, 3.63) is 30.1 Å². The minimum absolute atomic E-state index is 0.169. The Bertz CT molecular complexity index is 330. The summed E-state index contributed by atoms with van der Waals surface area (Å²) in [7, 11) is 1.88. The number of nitrogens with zero attached hydrogens (tertiary/aromatic N) is 2. The van der Waals surface area contributed by atoms with Crippen molar-refractivity contribution in [2.75, 3.05) is 0 Å². The predicted molar refractivity (Wildman–Crippen MR) is 50.2 cm³/mol. The highest BCUT2D eigenvalue weighted by Crippen LogP contribution is 2.33. The van der Waals surface area contributed by atoms with Crippen LogP contribution in [0, 0.1) is 5.92 Å². The lowest BCUT2D eigenvalue weighted by Crippen LogP contribution is -2.18. The van der Waals surface area contributed by atoms with Crippen LogP contribution in [-0.4, -0.2) is 14.9 Å². The molecule has 0 aliphatic heterocycles. The number of hydrogen-bond donors (Lipinski definition) is 1. The van der Waals surface area contributed by atoms with Gasteiger partial charge in [0.1, 0.15) is 6.10 Å². The van der Waals surface area contributed by atoms with Crippen LogP contribution in [0.1, 0.15) is 23.8 Å². The molecule has 1 aromatic rings. The Labute approximate surface area is 77.7 Å². The minimum Gasteiger partial charge on any atom is -0.386 e. The fourth-order valence-electron chi connectivity index (χ4n) is 1.93. The summed E-state index contributed by atoms with van der Waals surface area (Å²) < 4.78 is 1.76. The van der Waals surface area contributed by atoms with E-state index in [9.17, 15) is 5.11 Å². The van der Waals surface area contributed by atoms with Crippen molar-refractivity contribution < 1.29 is 5.11 Å². The first-order valence-corrected chi connectivity index (χ1v) is 4.55. The Balaban J connectivity index is 2.38. The molecule has 1 aliphatic carbocycles. The van der Waals surface area contributed by atoms with Gasteiger partial charge in [0.05, 0.1) is 5.69 Å². The largest absolute Gasteiger partial charge is 0.386 e. The molecule has 1 N–H and O–H groups in total. The van der Waals surface area contributed by atoms with Crippen molar-refractivity contribution in [2.45, 2.75) is 18.9 Å². The van der Waals surface area contributed by atoms with Crippen LogP contribution >= 0.6 is 0 Å². The average Bonchev–Trinajstić information content (AvgIpc) is 2.47. The van der Waals surface area contributed by atoms with Crippen LogP contribution in [-0.2, 0) is 13.5 Å². The van der Waals surface area contributed by atoms with Gasteiger partial charge >= 0.3 is 0 Å². The third-order valence-corrected chi connectivity index (χ3v) is 2.67. The van der Waals surface area contributed by atoms with Crippen LogP contribution in [0.15, 0.2) is 18.9 Å².